The van der Waals surface area contributed by atoms with E-state index in [-0.39, 0.29) is 0 Å². The van der Waals surface area contributed by atoms with Crippen molar-refractivity contribution in [2.75, 3.05) is 0 Å². The van der Waals surface area contributed by atoms with Gasteiger partial charge in [-0.2, -0.15) is 0 Å². The predicted octanol–water partition coefficient (Wildman–Crippen LogP) is 9.00. The van der Waals surface area contributed by atoms with E-state index in [2.05, 4.69) is 109 Å². The van der Waals surface area contributed by atoms with Crippen molar-refractivity contribution in [2.45, 2.75) is 0 Å². The summed E-state index contributed by atoms with van der Waals surface area (Å²) in [4.78, 5) is 10.3. The van der Waals surface area contributed by atoms with Gasteiger partial charge >= 0.3 is 0 Å². The normalized spacial score (nSPS) is 11.4. The number of benzene rings is 5. The third kappa shape index (κ3) is 3.40. The SMILES string of the molecule is c1ccc(-c2cc(-c3nc(-c4ccccc4)c4ccccc4n3)c3c(c2)sc2ccccc23)cc1. The number of rotatable bonds is 3. The molecule has 3 heteroatoms. The number of nitrogens with zero attached hydrogens (tertiary/aromatic N) is 2. The first-order valence-electron chi connectivity index (χ1n) is 11.7. The summed E-state index contributed by atoms with van der Waals surface area (Å²) in [6.45, 7) is 0. The molecule has 0 radical (unpaired) electrons. The van der Waals surface area contributed by atoms with E-state index in [0.717, 1.165) is 33.5 Å². The zero-order chi connectivity index (χ0) is 23.2. The minimum absolute atomic E-state index is 0.758. The molecular weight excluding hydrogens is 444 g/mol. The van der Waals surface area contributed by atoms with Gasteiger partial charge in [-0.15, -0.1) is 11.3 Å². The van der Waals surface area contributed by atoms with E-state index in [0.29, 0.717) is 0 Å². The monoisotopic (exact) mass is 464 g/mol. The topological polar surface area (TPSA) is 25.8 Å². The smallest absolute Gasteiger partial charge is 0.161 e. The second-order valence-electron chi connectivity index (χ2n) is 8.64. The Hall–Kier alpha value is -4.34. The van der Waals surface area contributed by atoms with Crippen LogP contribution in [0.3, 0.4) is 0 Å². The van der Waals surface area contributed by atoms with Crippen LogP contribution in [0, 0.1) is 0 Å². The van der Waals surface area contributed by atoms with Gasteiger partial charge in [-0.1, -0.05) is 97.1 Å². The molecule has 2 nitrogen and oxygen atoms in total. The van der Waals surface area contributed by atoms with Gasteiger partial charge in [0, 0.05) is 36.7 Å². The van der Waals surface area contributed by atoms with Crippen molar-refractivity contribution in [2.24, 2.45) is 0 Å². The van der Waals surface area contributed by atoms with Gasteiger partial charge in [-0.25, -0.2) is 9.97 Å². The fraction of sp³-hybridized carbons (Fsp3) is 0. The van der Waals surface area contributed by atoms with E-state index < -0.39 is 0 Å². The van der Waals surface area contributed by atoms with Gasteiger partial charge in [0.15, 0.2) is 5.82 Å². The van der Waals surface area contributed by atoms with Gasteiger partial charge in [0.2, 0.25) is 0 Å². The fourth-order valence-corrected chi connectivity index (χ4v) is 6.01. The average molecular weight is 465 g/mol. The third-order valence-corrected chi connectivity index (χ3v) is 7.59. The Morgan fingerprint density at radius 2 is 1.14 bits per heavy atom. The first-order chi connectivity index (χ1) is 17.3. The van der Waals surface area contributed by atoms with Crippen LogP contribution in [0.25, 0.3) is 64.8 Å². The lowest BCUT2D eigenvalue weighted by molar-refractivity contribution is 1.23. The average Bonchev–Trinajstić information content (AvgIpc) is 3.31. The molecule has 0 saturated heterocycles. The zero-order valence-electron chi connectivity index (χ0n) is 18.8. The van der Waals surface area contributed by atoms with Crippen LogP contribution in [0.2, 0.25) is 0 Å². The summed E-state index contributed by atoms with van der Waals surface area (Å²) in [7, 11) is 0. The van der Waals surface area contributed by atoms with E-state index in [9.17, 15) is 0 Å². The molecule has 0 atom stereocenters. The fourth-order valence-electron chi connectivity index (χ4n) is 4.84. The second-order valence-corrected chi connectivity index (χ2v) is 9.72. The molecule has 2 heterocycles. The van der Waals surface area contributed by atoms with E-state index in [1.165, 1.54) is 31.3 Å². The van der Waals surface area contributed by atoms with Crippen molar-refractivity contribution in [3.63, 3.8) is 0 Å². The minimum Gasteiger partial charge on any atom is -0.228 e. The Balaban J connectivity index is 1.59. The predicted molar refractivity (Wildman–Crippen MR) is 149 cm³/mol. The van der Waals surface area contributed by atoms with Crippen molar-refractivity contribution in [3.05, 3.63) is 121 Å². The highest BCUT2D eigenvalue weighted by Crippen LogP contribution is 2.42. The molecule has 0 unspecified atom stereocenters. The number of thiophene rings is 1. The standard InChI is InChI=1S/C32H20N2S/c1-3-11-21(12-4-1)23-19-26(30-25-16-8-10-18-28(25)35-29(30)20-23)32-33-27-17-9-7-15-24(27)31(34-32)22-13-5-2-6-14-22/h1-20H. The van der Waals surface area contributed by atoms with Gasteiger partial charge in [-0.05, 0) is 35.4 Å². The van der Waals surface area contributed by atoms with Crippen LogP contribution in [-0.4, -0.2) is 9.97 Å². The van der Waals surface area contributed by atoms with Crippen LogP contribution >= 0.6 is 11.3 Å². The van der Waals surface area contributed by atoms with Crippen LogP contribution in [-0.2, 0) is 0 Å². The van der Waals surface area contributed by atoms with Crippen LogP contribution in [0.5, 0.6) is 0 Å². The summed E-state index contributed by atoms with van der Waals surface area (Å²) < 4.78 is 2.53. The lowest BCUT2D eigenvalue weighted by Gasteiger charge is -2.12. The van der Waals surface area contributed by atoms with Crippen molar-refractivity contribution in [1.82, 2.24) is 9.97 Å². The van der Waals surface area contributed by atoms with Gasteiger partial charge in [0.05, 0.1) is 11.2 Å². The lowest BCUT2D eigenvalue weighted by atomic mass is 9.98. The number of hydrogen-bond acceptors (Lipinski definition) is 3. The van der Waals surface area contributed by atoms with Gasteiger partial charge < -0.3 is 0 Å². The van der Waals surface area contributed by atoms with Crippen LogP contribution in [0.1, 0.15) is 0 Å². The Kier molecular flexibility index (Phi) is 4.68. The van der Waals surface area contributed by atoms with Crippen molar-refractivity contribution in [1.29, 1.82) is 0 Å². The Labute approximate surface area is 207 Å². The maximum absolute atomic E-state index is 5.21. The lowest BCUT2D eigenvalue weighted by Crippen LogP contribution is -1.96. The molecule has 5 aromatic carbocycles. The molecule has 0 fully saturated rings. The maximum atomic E-state index is 5.21. The summed E-state index contributed by atoms with van der Waals surface area (Å²) >= 11 is 1.83. The van der Waals surface area contributed by atoms with Gasteiger partial charge in [0.25, 0.3) is 0 Å². The number of aromatic nitrogens is 2. The van der Waals surface area contributed by atoms with Crippen molar-refractivity contribution < 1.29 is 0 Å². The summed E-state index contributed by atoms with van der Waals surface area (Å²) in [5.74, 6) is 0.758. The molecule has 0 aliphatic heterocycles. The highest BCUT2D eigenvalue weighted by atomic mass is 32.1. The molecule has 0 N–H and O–H groups in total. The zero-order valence-corrected chi connectivity index (χ0v) is 19.7. The molecule has 2 aromatic heterocycles. The van der Waals surface area contributed by atoms with Crippen molar-refractivity contribution in [3.8, 4) is 33.8 Å². The molecule has 0 spiro atoms. The molecular formula is C32H20N2S. The minimum atomic E-state index is 0.758. The third-order valence-electron chi connectivity index (χ3n) is 6.48. The Morgan fingerprint density at radius 1 is 0.486 bits per heavy atom. The first-order valence-corrected chi connectivity index (χ1v) is 12.5. The largest absolute Gasteiger partial charge is 0.228 e. The quantitative estimate of drug-likeness (QED) is 0.261. The number of para-hydroxylation sites is 1. The summed E-state index contributed by atoms with van der Waals surface area (Å²) in [6, 6.07) is 42.4. The number of hydrogen-bond donors (Lipinski definition) is 0. The molecule has 0 aliphatic rings. The second kappa shape index (κ2) is 8.15. The summed E-state index contributed by atoms with van der Waals surface area (Å²) in [5.41, 5.74) is 6.45. The van der Waals surface area contributed by atoms with Gasteiger partial charge in [0.1, 0.15) is 0 Å². The molecule has 0 saturated carbocycles. The molecule has 0 amide bonds. The Bertz CT molecular complexity index is 1840. The molecule has 0 bridgehead atoms. The van der Waals surface area contributed by atoms with Gasteiger partial charge in [-0.3, -0.25) is 0 Å². The van der Waals surface area contributed by atoms with Crippen LogP contribution < -0.4 is 0 Å². The van der Waals surface area contributed by atoms with Crippen LogP contribution in [0.15, 0.2) is 121 Å². The molecule has 7 aromatic rings. The molecule has 0 aliphatic carbocycles. The van der Waals surface area contributed by atoms with E-state index in [1.54, 1.807) is 0 Å². The summed E-state index contributed by atoms with van der Waals surface area (Å²) in [5, 5.41) is 3.53. The number of fused-ring (bicyclic) bond motifs is 4. The highest BCUT2D eigenvalue weighted by molar-refractivity contribution is 7.26. The van der Waals surface area contributed by atoms with E-state index >= 15 is 0 Å². The van der Waals surface area contributed by atoms with Crippen LogP contribution in [0.4, 0.5) is 0 Å². The van der Waals surface area contributed by atoms with Crippen molar-refractivity contribution >= 4 is 42.4 Å². The molecule has 164 valence electrons. The molecule has 35 heavy (non-hydrogen) atoms. The molecule has 7 rings (SSSR count). The summed E-state index contributed by atoms with van der Waals surface area (Å²) in [6.07, 6.45) is 0. The maximum Gasteiger partial charge on any atom is 0.161 e. The highest BCUT2D eigenvalue weighted by Gasteiger charge is 2.18. The Morgan fingerprint density at radius 3 is 1.94 bits per heavy atom. The first kappa shape index (κ1) is 20.1. The van der Waals surface area contributed by atoms with E-state index in [4.69, 9.17) is 9.97 Å². The van der Waals surface area contributed by atoms with E-state index in [1.807, 2.05) is 23.5 Å².